The number of aryl methyl sites for hydroxylation is 1. The van der Waals surface area contributed by atoms with Crippen LogP contribution in [0.2, 0.25) is 0 Å². The summed E-state index contributed by atoms with van der Waals surface area (Å²) < 4.78 is 0. The van der Waals surface area contributed by atoms with Gasteiger partial charge in [0.15, 0.2) is 0 Å². The lowest BCUT2D eigenvalue weighted by atomic mass is 10.1. The summed E-state index contributed by atoms with van der Waals surface area (Å²) in [6.45, 7) is 9.38. The number of aromatic nitrogens is 3. The van der Waals surface area contributed by atoms with E-state index in [1.807, 2.05) is 6.20 Å². The van der Waals surface area contributed by atoms with Gasteiger partial charge in [0.05, 0.1) is 6.20 Å². The second kappa shape index (κ2) is 6.33. The molecule has 106 valence electrons. The van der Waals surface area contributed by atoms with E-state index in [-0.39, 0.29) is 5.54 Å². The minimum Gasteiger partial charge on any atom is -0.308 e. The van der Waals surface area contributed by atoms with E-state index in [9.17, 15) is 0 Å². The third kappa shape index (κ3) is 4.58. The fourth-order valence-corrected chi connectivity index (χ4v) is 2.38. The summed E-state index contributed by atoms with van der Waals surface area (Å²) in [4.78, 5) is 12.8. The Morgan fingerprint density at radius 2 is 1.95 bits per heavy atom. The van der Waals surface area contributed by atoms with E-state index >= 15 is 0 Å². The van der Waals surface area contributed by atoms with E-state index in [1.54, 1.807) is 30.4 Å². The van der Waals surface area contributed by atoms with E-state index < -0.39 is 0 Å². The van der Waals surface area contributed by atoms with Crippen molar-refractivity contribution >= 4 is 11.8 Å². The molecule has 20 heavy (non-hydrogen) atoms. The Morgan fingerprint density at radius 1 is 1.15 bits per heavy atom. The van der Waals surface area contributed by atoms with Crippen molar-refractivity contribution in [1.29, 1.82) is 0 Å². The van der Waals surface area contributed by atoms with Crippen molar-refractivity contribution < 1.29 is 0 Å². The maximum atomic E-state index is 4.53. The van der Waals surface area contributed by atoms with Gasteiger partial charge in [-0.25, -0.2) is 9.97 Å². The molecule has 0 unspecified atom stereocenters. The largest absolute Gasteiger partial charge is 0.308 e. The first-order chi connectivity index (χ1) is 9.44. The van der Waals surface area contributed by atoms with Crippen molar-refractivity contribution in [3.63, 3.8) is 0 Å². The van der Waals surface area contributed by atoms with Crippen LogP contribution in [0.25, 0.3) is 0 Å². The molecule has 0 aliphatic carbocycles. The number of nitrogens with one attached hydrogen (secondary N) is 1. The monoisotopic (exact) mass is 288 g/mol. The van der Waals surface area contributed by atoms with Gasteiger partial charge in [0.25, 0.3) is 0 Å². The molecule has 0 aromatic carbocycles. The highest BCUT2D eigenvalue weighted by molar-refractivity contribution is 7.99. The molecule has 0 aliphatic rings. The van der Waals surface area contributed by atoms with Gasteiger partial charge in [0, 0.05) is 30.7 Å². The van der Waals surface area contributed by atoms with E-state index in [1.165, 1.54) is 5.56 Å². The molecule has 5 heteroatoms. The number of nitrogens with zero attached hydrogens (tertiary/aromatic N) is 3. The van der Waals surface area contributed by atoms with Crippen LogP contribution in [-0.2, 0) is 6.54 Å². The lowest BCUT2D eigenvalue weighted by Gasteiger charge is -2.20. The first-order valence-electron chi connectivity index (χ1n) is 6.58. The van der Waals surface area contributed by atoms with Crippen LogP contribution >= 0.6 is 11.8 Å². The first-order valence-corrected chi connectivity index (χ1v) is 7.40. The van der Waals surface area contributed by atoms with Gasteiger partial charge in [-0.05, 0) is 50.6 Å². The van der Waals surface area contributed by atoms with Gasteiger partial charge >= 0.3 is 0 Å². The standard InChI is InChI=1S/C15H20N4S/c1-11-7-12(9-19-15(2,3)4)8-18-14(11)20-13-10-16-5-6-17-13/h5-8,10,19H,9H2,1-4H3. The summed E-state index contributed by atoms with van der Waals surface area (Å²) >= 11 is 1.54. The number of rotatable bonds is 4. The van der Waals surface area contributed by atoms with E-state index in [2.05, 4.69) is 54.0 Å². The van der Waals surface area contributed by atoms with Crippen LogP contribution in [0.4, 0.5) is 0 Å². The molecule has 2 heterocycles. The maximum absolute atomic E-state index is 4.53. The number of hydrogen-bond donors (Lipinski definition) is 1. The fourth-order valence-electron chi connectivity index (χ4n) is 1.63. The van der Waals surface area contributed by atoms with Gasteiger partial charge in [-0.1, -0.05) is 6.07 Å². The Balaban J connectivity index is 2.06. The van der Waals surface area contributed by atoms with E-state index in [0.717, 1.165) is 22.2 Å². The zero-order chi connectivity index (χ0) is 14.6. The van der Waals surface area contributed by atoms with Crippen LogP contribution in [0.3, 0.4) is 0 Å². The molecule has 2 aromatic rings. The highest BCUT2D eigenvalue weighted by Crippen LogP contribution is 2.26. The zero-order valence-electron chi connectivity index (χ0n) is 12.3. The minimum absolute atomic E-state index is 0.112. The zero-order valence-corrected chi connectivity index (χ0v) is 13.2. The van der Waals surface area contributed by atoms with Gasteiger partial charge in [-0.15, -0.1) is 0 Å². The van der Waals surface area contributed by atoms with Gasteiger partial charge in [-0.2, -0.15) is 0 Å². The predicted octanol–water partition coefficient (Wildman–Crippen LogP) is 3.22. The third-order valence-corrected chi connectivity index (χ3v) is 3.69. The Kier molecular flexibility index (Phi) is 4.73. The Hall–Kier alpha value is -1.46. The molecule has 2 rings (SSSR count). The Labute approximate surface area is 124 Å². The number of hydrogen-bond acceptors (Lipinski definition) is 5. The van der Waals surface area contributed by atoms with Crippen molar-refractivity contribution in [2.45, 2.75) is 49.8 Å². The third-order valence-electron chi connectivity index (χ3n) is 2.65. The Bertz CT molecular complexity index is 564. The average Bonchev–Trinajstić information content (AvgIpc) is 2.40. The summed E-state index contributed by atoms with van der Waals surface area (Å²) in [6.07, 6.45) is 7.04. The van der Waals surface area contributed by atoms with Crippen molar-refractivity contribution in [1.82, 2.24) is 20.3 Å². The van der Waals surface area contributed by atoms with E-state index in [0.29, 0.717) is 0 Å². The molecule has 4 nitrogen and oxygen atoms in total. The average molecular weight is 288 g/mol. The van der Waals surface area contributed by atoms with Crippen LogP contribution in [0.15, 0.2) is 40.9 Å². The van der Waals surface area contributed by atoms with Gasteiger partial charge in [0.2, 0.25) is 0 Å². The van der Waals surface area contributed by atoms with Crippen molar-refractivity contribution in [3.8, 4) is 0 Å². The summed E-state index contributed by atoms with van der Waals surface area (Å²) in [5.74, 6) is 0. The van der Waals surface area contributed by atoms with Gasteiger partial charge in [-0.3, -0.25) is 4.98 Å². The summed E-state index contributed by atoms with van der Waals surface area (Å²) in [5, 5.41) is 5.31. The molecule has 0 bridgehead atoms. The lowest BCUT2D eigenvalue weighted by molar-refractivity contribution is 0.424. The predicted molar refractivity (Wildman–Crippen MR) is 81.7 cm³/mol. The van der Waals surface area contributed by atoms with E-state index in [4.69, 9.17) is 0 Å². The molecule has 0 saturated heterocycles. The summed E-state index contributed by atoms with van der Waals surface area (Å²) in [5.41, 5.74) is 2.47. The lowest BCUT2D eigenvalue weighted by Crippen LogP contribution is -2.35. The van der Waals surface area contributed by atoms with Crippen LogP contribution < -0.4 is 5.32 Å². The molecule has 0 saturated carbocycles. The molecule has 0 aliphatic heterocycles. The molecule has 1 N–H and O–H groups in total. The molecule has 0 radical (unpaired) electrons. The molecule has 2 aromatic heterocycles. The molecule has 0 fully saturated rings. The van der Waals surface area contributed by atoms with Crippen LogP contribution in [-0.4, -0.2) is 20.5 Å². The van der Waals surface area contributed by atoms with Crippen LogP contribution in [0.1, 0.15) is 31.9 Å². The minimum atomic E-state index is 0.112. The fraction of sp³-hybridized carbons (Fsp3) is 0.400. The van der Waals surface area contributed by atoms with Crippen molar-refractivity contribution in [2.24, 2.45) is 0 Å². The smallest absolute Gasteiger partial charge is 0.121 e. The quantitative estimate of drug-likeness (QED) is 0.936. The van der Waals surface area contributed by atoms with Crippen molar-refractivity contribution in [3.05, 3.63) is 42.0 Å². The molecule has 0 spiro atoms. The normalized spacial score (nSPS) is 11.6. The second-order valence-electron chi connectivity index (χ2n) is 5.71. The first kappa shape index (κ1) is 14.9. The van der Waals surface area contributed by atoms with Crippen molar-refractivity contribution in [2.75, 3.05) is 0 Å². The highest BCUT2D eigenvalue weighted by atomic mass is 32.2. The van der Waals surface area contributed by atoms with Gasteiger partial charge < -0.3 is 5.32 Å². The molecule has 0 atom stereocenters. The van der Waals surface area contributed by atoms with Crippen LogP contribution in [0, 0.1) is 6.92 Å². The van der Waals surface area contributed by atoms with Crippen LogP contribution in [0.5, 0.6) is 0 Å². The maximum Gasteiger partial charge on any atom is 0.121 e. The highest BCUT2D eigenvalue weighted by Gasteiger charge is 2.10. The molecular weight excluding hydrogens is 268 g/mol. The topological polar surface area (TPSA) is 50.7 Å². The molecule has 0 amide bonds. The van der Waals surface area contributed by atoms with Gasteiger partial charge in [0.1, 0.15) is 10.1 Å². The Morgan fingerprint density at radius 3 is 2.55 bits per heavy atom. The summed E-state index contributed by atoms with van der Waals surface area (Å²) in [7, 11) is 0. The second-order valence-corrected chi connectivity index (χ2v) is 6.72. The summed E-state index contributed by atoms with van der Waals surface area (Å²) in [6, 6.07) is 2.17. The molecular formula is C15H20N4S. The SMILES string of the molecule is Cc1cc(CNC(C)(C)C)cnc1Sc1cnccn1. The number of pyridine rings is 1.